The fraction of sp³-hybridized carbons (Fsp3) is 0.714. The fourth-order valence-corrected chi connectivity index (χ4v) is 1.70. The monoisotopic (exact) mass is 247 g/mol. The van der Waals surface area contributed by atoms with Crippen LogP contribution in [0.15, 0.2) is 5.11 Å². The Kier molecular flexibility index (Phi) is 3.68. The molecule has 1 aliphatic heterocycles. The lowest BCUT2D eigenvalue weighted by Gasteiger charge is -2.25. The number of ether oxygens (including phenoxy) is 1. The average molecular weight is 247 g/mol. The Morgan fingerprint density at radius 1 is 1.75 bits per heavy atom. The van der Waals surface area contributed by atoms with E-state index in [0.717, 1.165) is 0 Å². The molecule has 0 bridgehead atoms. The van der Waals surface area contributed by atoms with Crippen molar-refractivity contribution in [2.24, 2.45) is 5.11 Å². The van der Waals surface area contributed by atoms with Gasteiger partial charge in [-0.25, -0.2) is 4.39 Å². The average Bonchev–Trinajstić information content (AvgIpc) is 2.43. The molecule has 0 radical (unpaired) electrons. The minimum absolute atomic E-state index is 0.863. The molecule has 0 aliphatic carbocycles. The Balaban J connectivity index is 3.22. The number of azide groups is 1. The molecular formula is C7H8BClFN3O3. The highest BCUT2D eigenvalue weighted by Gasteiger charge is 2.62. The third kappa shape index (κ3) is 1.73. The van der Waals surface area contributed by atoms with Crippen LogP contribution >= 0.6 is 11.6 Å². The van der Waals surface area contributed by atoms with E-state index in [1.54, 1.807) is 5.38 Å². The highest BCUT2D eigenvalue weighted by Crippen LogP contribution is 2.40. The van der Waals surface area contributed by atoms with E-state index in [2.05, 4.69) is 10.0 Å². The fourth-order valence-electron chi connectivity index (χ4n) is 1.56. The molecule has 1 heterocycles. The number of rotatable bonds is 2. The molecule has 1 aliphatic rings. The van der Waals surface area contributed by atoms with Gasteiger partial charge in [0.2, 0.25) is 5.67 Å². The number of aliphatic hydroxyl groups is 2. The molecule has 16 heavy (non-hydrogen) atoms. The minimum Gasteiger partial charge on any atom is -0.393 e. The molecule has 0 saturated carbocycles. The molecule has 0 aromatic carbocycles. The first-order valence-electron chi connectivity index (χ1n) is 4.31. The lowest BCUT2D eigenvalue weighted by atomic mass is 9.81. The summed E-state index contributed by atoms with van der Waals surface area (Å²) in [5.74, 6) is 1.95. The summed E-state index contributed by atoms with van der Waals surface area (Å²) in [5.41, 5.74) is 3.75. The van der Waals surface area contributed by atoms with Gasteiger partial charge in [-0.1, -0.05) is 5.11 Å². The van der Waals surface area contributed by atoms with Crippen LogP contribution in [0.2, 0.25) is 0 Å². The van der Waals surface area contributed by atoms with Crippen LogP contribution in [0.4, 0.5) is 4.39 Å². The van der Waals surface area contributed by atoms with Crippen molar-refractivity contribution in [1.29, 1.82) is 0 Å². The number of alkyl halides is 1. The first-order valence-corrected chi connectivity index (χ1v) is 4.69. The van der Waals surface area contributed by atoms with Gasteiger partial charge < -0.3 is 14.9 Å². The maximum absolute atomic E-state index is 14.2. The minimum atomic E-state index is -2.49. The van der Waals surface area contributed by atoms with Gasteiger partial charge in [-0.3, -0.25) is 0 Å². The van der Waals surface area contributed by atoms with Crippen LogP contribution in [0.3, 0.4) is 0 Å². The van der Waals surface area contributed by atoms with E-state index < -0.39 is 30.1 Å². The van der Waals surface area contributed by atoms with E-state index in [-0.39, 0.29) is 0 Å². The first kappa shape index (κ1) is 13.1. The van der Waals surface area contributed by atoms with Crippen molar-refractivity contribution in [3.05, 3.63) is 10.4 Å². The van der Waals surface area contributed by atoms with Gasteiger partial charge in [0.25, 0.3) is 0 Å². The third-order valence-corrected chi connectivity index (χ3v) is 2.57. The molecule has 2 N–H and O–H groups in total. The van der Waals surface area contributed by atoms with E-state index in [4.69, 9.17) is 27.0 Å². The van der Waals surface area contributed by atoms with Crippen LogP contribution < -0.4 is 0 Å². The Morgan fingerprint density at radius 2 is 2.38 bits per heavy atom. The highest BCUT2D eigenvalue weighted by molar-refractivity contribution is 6.30. The van der Waals surface area contributed by atoms with Gasteiger partial charge >= 0.3 is 0 Å². The van der Waals surface area contributed by atoms with Gasteiger partial charge in [-0.2, -0.15) is 0 Å². The summed E-state index contributed by atoms with van der Waals surface area (Å²) in [7, 11) is 1.29. The lowest BCUT2D eigenvalue weighted by Crippen LogP contribution is -2.49. The molecule has 86 valence electrons. The third-order valence-electron chi connectivity index (χ3n) is 2.48. The van der Waals surface area contributed by atoms with Crippen molar-refractivity contribution >= 4 is 19.4 Å². The normalized spacial score (nSPS) is 42.0. The Bertz CT molecular complexity index is 396. The van der Waals surface area contributed by atoms with E-state index in [9.17, 15) is 9.50 Å². The van der Waals surface area contributed by atoms with Crippen LogP contribution in [0.1, 0.15) is 0 Å². The molecule has 3 unspecified atom stereocenters. The van der Waals surface area contributed by atoms with Crippen molar-refractivity contribution in [2.75, 3.05) is 6.61 Å². The molecule has 4 atom stereocenters. The Hall–Kier alpha value is -0.965. The van der Waals surface area contributed by atoms with Crippen molar-refractivity contribution < 1.29 is 19.3 Å². The molecule has 0 aromatic rings. The van der Waals surface area contributed by atoms with Gasteiger partial charge in [0.15, 0.2) is 5.72 Å². The highest BCUT2D eigenvalue weighted by atomic mass is 35.5. The summed E-state index contributed by atoms with van der Waals surface area (Å²) in [6.07, 6.45) is -1.91. The number of hydrogen-bond acceptors (Lipinski definition) is 4. The number of halogens is 2. The van der Waals surface area contributed by atoms with Crippen LogP contribution in [0.5, 0.6) is 0 Å². The zero-order valence-electron chi connectivity index (χ0n) is 8.26. The SMILES string of the molecule is BC1O[C@@](CO)(N=[N+]=[N-])C(O)C1(F)C#CCl. The smallest absolute Gasteiger partial charge is 0.218 e. The summed E-state index contributed by atoms with van der Waals surface area (Å²) >= 11 is 5.08. The second kappa shape index (κ2) is 4.49. The van der Waals surface area contributed by atoms with Crippen LogP contribution in [-0.4, -0.2) is 48.2 Å². The van der Waals surface area contributed by atoms with Gasteiger partial charge in [0, 0.05) is 10.3 Å². The molecule has 6 nitrogen and oxygen atoms in total. The van der Waals surface area contributed by atoms with E-state index >= 15 is 0 Å². The summed E-state index contributed by atoms with van der Waals surface area (Å²) in [6, 6.07) is -1.19. The standard InChI is InChI=1S/C7H8BClFN3O3/c8-5-6(10,1-2-9)4(15)7(3-14,16-5)12-13-11/h4-5,14-15H,3,8H2/t4?,5?,6?,7-/m1/s1. The van der Waals surface area contributed by atoms with E-state index in [1.807, 2.05) is 5.92 Å². The zero-order chi connectivity index (χ0) is 12.4. The summed E-state index contributed by atoms with van der Waals surface area (Å²) in [5, 5.41) is 23.6. The van der Waals surface area contributed by atoms with E-state index in [0.29, 0.717) is 0 Å². The van der Waals surface area contributed by atoms with Crippen LogP contribution in [0.25, 0.3) is 10.4 Å². The largest absolute Gasteiger partial charge is 0.393 e. The van der Waals surface area contributed by atoms with Crippen molar-refractivity contribution in [1.82, 2.24) is 0 Å². The summed E-state index contributed by atoms with van der Waals surface area (Å²) < 4.78 is 19.1. The van der Waals surface area contributed by atoms with Crippen LogP contribution in [0, 0.1) is 11.3 Å². The molecule has 0 aromatic heterocycles. The maximum atomic E-state index is 14.2. The molecule has 9 heteroatoms. The topological polar surface area (TPSA) is 98.5 Å². The Labute approximate surface area is 96.4 Å². The van der Waals surface area contributed by atoms with Crippen molar-refractivity contribution in [3.8, 4) is 11.3 Å². The number of nitrogens with zero attached hydrogens (tertiary/aromatic N) is 3. The predicted molar refractivity (Wildman–Crippen MR) is 55.9 cm³/mol. The van der Waals surface area contributed by atoms with Gasteiger partial charge in [-0.15, -0.1) is 0 Å². The zero-order valence-corrected chi connectivity index (χ0v) is 9.02. The number of aliphatic hydroxyl groups excluding tert-OH is 2. The van der Waals surface area contributed by atoms with Gasteiger partial charge in [-0.05, 0) is 23.1 Å². The molecule has 0 spiro atoms. The van der Waals surface area contributed by atoms with Crippen molar-refractivity contribution in [2.45, 2.75) is 23.5 Å². The quantitative estimate of drug-likeness (QED) is 0.221. The Morgan fingerprint density at radius 3 is 2.81 bits per heavy atom. The van der Waals surface area contributed by atoms with Gasteiger partial charge in [0.1, 0.15) is 14.0 Å². The maximum Gasteiger partial charge on any atom is 0.218 e. The predicted octanol–water partition coefficient (Wildman–Crippen LogP) is -0.756. The van der Waals surface area contributed by atoms with Gasteiger partial charge in [0.05, 0.1) is 12.6 Å². The summed E-state index contributed by atoms with van der Waals surface area (Å²) in [4.78, 5) is 2.40. The van der Waals surface area contributed by atoms with E-state index in [1.165, 1.54) is 7.85 Å². The second-order valence-electron chi connectivity index (χ2n) is 3.34. The van der Waals surface area contributed by atoms with Crippen molar-refractivity contribution in [3.63, 3.8) is 0 Å². The molecule has 1 rings (SSSR count). The number of hydrogen-bond donors (Lipinski definition) is 2. The van der Waals surface area contributed by atoms with Crippen LogP contribution in [-0.2, 0) is 4.74 Å². The molecule has 1 fully saturated rings. The first-order chi connectivity index (χ1) is 7.46. The second-order valence-corrected chi connectivity index (χ2v) is 3.53. The summed E-state index contributed by atoms with van der Waals surface area (Å²) in [6.45, 7) is -0.863. The molecular weight excluding hydrogens is 239 g/mol. The molecule has 0 amide bonds. The lowest BCUT2D eigenvalue weighted by molar-refractivity contribution is -0.0947. The molecule has 1 saturated heterocycles.